The maximum atomic E-state index is 14.3. The fourth-order valence-electron chi connectivity index (χ4n) is 8.60. The fraction of sp³-hybridized carbons (Fsp3) is 0.348. The minimum absolute atomic E-state index is 0.376. The largest absolute Gasteiger partial charge is 0.497 e. The van der Waals surface area contributed by atoms with Crippen molar-refractivity contribution < 1.29 is 23.8 Å². The highest BCUT2D eigenvalue weighted by Crippen LogP contribution is 2.37. The Morgan fingerprint density at radius 1 is 0.566 bits per heavy atom. The number of aromatic nitrogens is 2. The highest BCUT2D eigenvalue weighted by Gasteiger charge is 2.27. The van der Waals surface area contributed by atoms with Gasteiger partial charge in [0.1, 0.15) is 11.5 Å². The molecule has 272 valence electrons. The Morgan fingerprint density at radius 2 is 1.02 bits per heavy atom. The number of Topliss-reactive ketones (excluding diaryl/α,β-unsaturated/α-hetero) is 1. The van der Waals surface area contributed by atoms with E-state index in [-0.39, 0.29) is 0 Å². The van der Waals surface area contributed by atoms with E-state index < -0.39 is 11.8 Å². The number of hydrogen-bond acceptors (Lipinski definition) is 5. The van der Waals surface area contributed by atoms with E-state index in [1.165, 1.54) is 64.2 Å². The normalized spacial score (nSPS) is 15.5. The van der Waals surface area contributed by atoms with Crippen LogP contribution >= 0.6 is 0 Å². The number of fused-ring (bicyclic) bond motifs is 2. The smallest absolute Gasteiger partial charge is 0.385 e. The molecule has 2 fully saturated rings. The average Bonchev–Trinajstić information content (AvgIpc) is 3.74. The minimum Gasteiger partial charge on any atom is -0.497 e. The van der Waals surface area contributed by atoms with Crippen LogP contribution in [0.5, 0.6) is 17.2 Å². The summed E-state index contributed by atoms with van der Waals surface area (Å²) in [7, 11) is 3.31. The van der Waals surface area contributed by atoms with Crippen LogP contribution in [0.15, 0.2) is 97.3 Å². The molecule has 53 heavy (non-hydrogen) atoms. The maximum absolute atomic E-state index is 14.3. The summed E-state index contributed by atoms with van der Waals surface area (Å²) in [4.78, 5) is 28.3. The van der Waals surface area contributed by atoms with E-state index in [9.17, 15) is 9.59 Å². The van der Waals surface area contributed by atoms with Crippen molar-refractivity contribution in [1.82, 2.24) is 9.13 Å². The van der Waals surface area contributed by atoms with Gasteiger partial charge in [0.2, 0.25) is 0 Å². The minimum atomic E-state index is -0.872. The van der Waals surface area contributed by atoms with Gasteiger partial charge in [-0.15, -0.1) is 0 Å². The number of ketones is 1. The van der Waals surface area contributed by atoms with Crippen LogP contribution in [-0.2, 0) is 17.9 Å². The first kappa shape index (κ1) is 34.8. The molecule has 7 nitrogen and oxygen atoms in total. The molecular formula is C46H48N2O5. The first-order valence-electron chi connectivity index (χ1n) is 19.3. The third-order valence-electron chi connectivity index (χ3n) is 11.6. The fourth-order valence-corrected chi connectivity index (χ4v) is 8.60. The van der Waals surface area contributed by atoms with Crippen LogP contribution in [0.3, 0.4) is 0 Å². The van der Waals surface area contributed by atoms with E-state index in [1.54, 1.807) is 14.2 Å². The number of benzene rings is 4. The van der Waals surface area contributed by atoms with Gasteiger partial charge in [-0.25, -0.2) is 4.79 Å². The monoisotopic (exact) mass is 708 g/mol. The zero-order chi connectivity index (χ0) is 36.3. The van der Waals surface area contributed by atoms with Crippen molar-refractivity contribution in [2.75, 3.05) is 14.2 Å². The third-order valence-corrected chi connectivity index (χ3v) is 11.6. The van der Waals surface area contributed by atoms with Crippen LogP contribution in [0.2, 0.25) is 0 Å². The van der Waals surface area contributed by atoms with Crippen LogP contribution in [0.4, 0.5) is 0 Å². The molecule has 2 aromatic heterocycles. The Kier molecular flexibility index (Phi) is 10.1. The van der Waals surface area contributed by atoms with E-state index in [0.29, 0.717) is 23.1 Å². The van der Waals surface area contributed by atoms with E-state index in [1.807, 2.05) is 67.0 Å². The second-order valence-electron chi connectivity index (χ2n) is 15.0. The Labute approximate surface area is 311 Å². The quantitative estimate of drug-likeness (QED) is 0.0761. The van der Waals surface area contributed by atoms with Crippen molar-refractivity contribution in [3.05, 3.63) is 103 Å². The Balaban J connectivity index is 1.15. The first-order chi connectivity index (χ1) is 26.0. The third kappa shape index (κ3) is 7.35. The Morgan fingerprint density at radius 3 is 1.53 bits per heavy atom. The number of carbonyl (C=O) groups excluding carboxylic acids is 2. The van der Waals surface area contributed by atoms with Crippen LogP contribution in [0.1, 0.15) is 74.6 Å². The topological polar surface area (TPSA) is 71.7 Å². The van der Waals surface area contributed by atoms with Gasteiger partial charge in [-0.1, -0.05) is 74.9 Å². The van der Waals surface area contributed by atoms with Crippen LogP contribution in [0.25, 0.3) is 44.1 Å². The molecular weight excluding hydrogens is 661 g/mol. The summed E-state index contributed by atoms with van der Waals surface area (Å²) in [6.45, 7) is 1.68. The van der Waals surface area contributed by atoms with Gasteiger partial charge >= 0.3 is 5.97 Å². The van der Waals surface area contributed by atoms with Crippen LogP contribution in [0, 0.1) is 11.8 Å². The number of ether oxygens (including phenoxy) is 3. The Hall–Kier alpha value is -5.30. The predicted molar refractivity (Wildman–Crippen MR) is 211 cm³/mol. The van der Waals surface area contributed by atoms with Crippen LogP contribution < -0.4 is 14.2 Å². The Bertz CT molecular complexity index is 2230. The summed E-state index contributed by atoms with van der Waals surface area (Å²) in [5, 5.41) is 1.58. The molecule has 0 bridgehead atoms. The molecule has 0 unspecified atom stereocenters. The highest BCUT2D eigenvalue weighted by molar-refractivity contribution is 6.43. The lowest BCUT2D eigenvalue weighted by Gasteiger charge is -2.22. The van der Waals surface area contributed by atoms with Crippen molar-refractivity contribution in [2.24, 2.45) is 11.8 Å². The lowest BCUT2D eigenvalue weighted by Crippen LogP contribution is -2.20. The van der Waals surface area contributed by atoms with Crippen molar-refractivity contribution in [3.63, 3.8) is 0 Å². The zero-order valence-corrected chi connectivity index (χ0v) is 30.8. The van der Waals surface area contributed by atoms with Crippen molar-refractivity contribution in [2.45, 2.75) is 77.3 Å². The van der Waals surface area contributed by atoms with Gasteiger partial charge in [0.25, 0.3) is 5.78 Å². The standard InChI is InChI=1S/C46H48N2O5/c1-51-37-19-13-33(14-20-37)35-17-23-42-39(25-35)41(29-47(42)27-31-9-5-3-6-10-31)45(49)46(50)53-44-30-48(28-32-11-7-4-8-12-32)43-24-18-36(26-40(43)44)34-15-21-38(52-2)22-16-34/h13-26,29-32H,3-12,27-28H2,1-2H3. The maximum Gasteiger partial charge on any atom is 0.385 e. The number of rotatable bonds is 11. The van der Waals surface area contributed by atoms with Gasteiger partial charge in [0.15, 0.2) is 5.75 Å². The second-order valence-corrected chi connectivity index (χ2v) is 15.0. The van der Waals surface area contributed by atoms with Crippen LogP contribution in [-0.4, -0.2) is 35.1 Å². The van der Waals surface area contributed by atoms with E-state index >= 15 is 0 Å². The molecule has 6 aromatic rings. The summed E-state index contributed by atoms with van der Waals surface area (Å²) >= 11 is 0. The molecule has 7 heteroatoms. The summed E-state index contributed by atoms with van der Waals surface area (Å²) < 4.78 is 21.3. The lowest BCUT2D eigenvalue weighted by molar-refractivity contribution is -0.129. The van der Waals surface area contributed by atoms with E-state index in [0.717, 1.165) is 68.6 Å². The molecule has 0 N–H and O–H groups in total. The molecule has 8 rings (SSSR count). The van der Waals surface area contributed by atoms with E-state index in [4.69, 9.17) is 14.2 Å². The summed E-state index contributed by atoms with van der Waals surface area (Å²) in [6, 6.07) is 28.3. The average molecular weight is 709 g/mol. The molecule has 0 atom stereocenters. The number of nitrogens with zero attached hydrogens (tertiary/aromatic N) is 2. The van der Waals surface area contributed by atoms with E-state index in [2.05, 4.69) is 39.5 Å². The predicted octanol–water partition coefficient (Wildman–Crippen LogP) is 10.9. The van der Waals surface area contributed by atoms with Crippen molar-refractivity contribution in [1.29, 1.82) is 0 Å². The van der Waals surface area contributed by atoms with Gasteiger partial charge in [-0.2, -0.15) is 0 Å². The second kappa shape index (κ2) is 15.4. The zero-order valence-electron chi connectivity index (χ0n) is 30.8. The molecule has 0 radical (unpaired) electrons. The molecule has 2 aliphatic rings. The summed E-state index contributed by atoms with van der Waals surface area (Å²) in [5.74, 6) is 1.59. The number of esters is 1. The number of carbonyl (C=O) groups is 2. The van der Waals surface area contributed by atoms with Gasteiger partial charge in [0, 0.05) is 41.8 Å². The summed E-state index contributed by atoms with van der Waals surface area (Å²) in [5.41, 5.74) is 6.33. The first-order valence-corrected chi connectivity index (χ1v) is 19.3. The van der Waals surface area contributed by atoms with Gasteiger partial charge < -0.3 is 23.3 Å². The van der Waals surface area contributed by atoms with Crippen molar-refractivity contribution >= 4 is 33.6 Å². The van der Waals surface area contributed by atoms with Gasteiger partial charge in [-0.3, -0.25) is 4.79 Å². The molecule has 2 aliphatic carbocycles. The summed E-state index contributed by atoms with van der Waals surface area (Å²) in [6.07, 6.45) is 16.1. The molecule has 2 saturated carbocycles. The molecule has 4 aromatic carbocycles. The molecule has 0 spiro atoms. The number of methoxy groups -OCH3 is 2. The number of hydrogen-bond donors (Lipinski definition) is 0. The van der Waals surface area contributed by atoms with Gasteiger partial charge in [0.05, 0.1) is 25.3 Å². The molecule has 0 amide bonds. The lowest BCUT2D eigenvalue weighted by atomic mass is 9.89. The molecule has 2 heterocycles. The van der Waals surface area contributed by atoms with Gasteiger partial charge in [-0.05, 0) is 108 Å². The highest BCUT2D eigenvalue weighted by atomic mass is 16.5. The van der Waals surface area contributed by atoms with Crippen molar-refractivity contribution in [3.8, 4) is 39.5 Å². The molecule has 0 saturated heterocycles. The molecule has 0 aliphatic heterocycles. The SMILES string of the molecule is COc1ccc(-c2ccc3c(c2)c(OC(=O)C(=O)c2cn(CC4CCCCC4)c4ccc(-c5ccc(OC)cc5)cc24)cn3CC2CCCCC2)cc1.